The topological polar surface area (TPSA) is 12.0 Å². The predicted molar refractivity (Wildman–Crippen MR) is 62.8 cm³/mol. The maximum absolute atomic E-state index is 13.6. The minimum atomic E-state index is -0.160. The van der Waals surface area contributed by atoms with Crippen molar-refractivity contribution in [1.29, 1.82) is 0 Å². The standard InChI is InChI=1S/C12H12FNS/c1-9-3-2-4-11(12(9)13)14-7-10-5-6-15-8-10/h2-6,8,14H,7H2,1H3. The molecule has 0 fully saturated rings. The molecule has 1 nitrogen and oxygen atoms in total. The maximum atomic E-state index is 13.6. The van der Waals surface area contributed by atoms with Crippen molar-refractivity contribution >= 4 is 17.0 Å². The molecule has 2 aromatic rings. The summed E-state index contributed by atoms with van der Waals surface area (Å²) in [5.41, 5.74) is 2.42. The van der Waals surface area contributed by atoms with Gasteiger partial charge in [0.05, 0.1) is 5.69 Å². The average Bonchev–Trinajstić information content (AvgIpc) is 2.73. The van der Waals surface area contributed by atoms with Crippen LogP contribution in [0.4, 0.5) is 10.1 Å². The molecule has 2 rings (SSSR count). The fraction of sp³-hybridized carbons (Fsp3) is 0.167. The van der Waals surface area contributed by atoms with E-state index < -0.39 is 0 Å². The van der Waals surface area contributed by atoms with E-state index in [2.05, 4.69) is 10.7 Å². The van der Waals surface area contributed by atoms with Crippen LogP contribution in [0.2, 0.25) is 0 Å². The lowest BCUT2D eigenvalue weighted by Crippen LogP contribution is -2.01. The highest BCUT2D eigenvalue weighted by Crippen LogP contribution is 2.18. The monoisotopic (exact) mass is 221 g/mol. The fourth-order valence-electron chi connectivity index (χ4n) is 1.37. The lowest BCUT2D eigenvalue weighted by atomic mass is 10.2. The zero-order chi connectivity index (χ0) is 10.7. The molecule has 0 amide bonds. The van der Waals surface area contributed by atoms with Gasteiger partial charge in [0.25, 0.3) is 0 Å². The van der Waals surface area contributed by atoms with E-state index in [9.17, 15) is 4.39 Å². The van der Waals surface area contributed by atoms with Crippen LogP contribution in [0, 0.1) is 12.7 Å². The van der Waals surface area contributed by atoms with Gasteiger partial charge >= 0.3 is 0 Å². The van der Waals surface area contributed by atoms with Crippen molar-refractivity contribution in [3.8, 4) is 0 Å². The third kappa shape index (κ3) is 2.36. The quantitative estimate of drug-likeness (QED) is 0.831. The Kier molecular flexibility index (Phi) is 3.02. The summed E-state index contributed by atoms with van der Waals surface area (Å²) < 4.78 is 13.6. The molecule has 0 aliphatic heterocycles. The summed E-state index contributed by atoms with van der Waals surface area (Å²) in [4.78, 5) is 0. The van der Waals surface area contributed by atoms with E-state index in [1.54, 1.807) is 30.4 Å². The lowest BCUT2D eigenvalue weighted by molar-refractivity contribution is 0.621. The average molecular weight is 221 g/mol. The molecular weight excluding hydrogens is 209 g/mol. The van der Waals surface area contributed by atoms with Gasteiger partial charge in [-0.15, -0.1) is 0 Å². The molecule has 1 aromatic carbocycles. The van der Waals surface area contributed by atoms with Gasteiger partial charge in [-0.1, -0.05) is 12.1 Å². The first-order valence-electron chi connectivity index (χ1n) is 4.77. The third-order valence-electron chi connectivity index (χ3n) is 2.25. The molecule has 0 saturated heterocycles. The summed E-state index contributed by atoms with van der Waals surface area (Å²) in [7, 11) is 0. The van der Waals surface area contributed by atoms with E-state index in [1.807, 2.05) is 17.5 Å². The summed E-state index contributed by atoms with van der Waals surface area (Å²) in [5.74, 6) is -0.160. The SMILES string of the molecule is Cc1cccc(NCc2ccsc2)c1F. The second kappa shape index (κ2) is 4.45. The number of anilines is 1. The zero-order valence-electron chi connectivity index (χ0n) is 8.46. The number of thiophene rings is 1. The number of rotatable bonds is 3. The van der Waals surface area contributed by atoms with Crippen LogP contribution in [0.1, 0.15) is 11.1 Å². The van der Waals surface area contributed by atoms with Gasteiger partial charge in [-0.25, -0.2) is 4.39 Å². The largest absolute Gasteiger partial charge is 0.379 e. The first kappa shape index (κ1) is 10.2. The van der Waals surface area contributed by atoms with Crippen LogP contribution in [0.15, 0.2) is 35.0 Å². The highest BCUT2D eigenvalue weighted by molar-refractivity contribution is 7.07. The van der Waals surface area contributed by atoms with Crippen molar-refractivity contribution < 1.29 is 4.39 Å². The van der Waals surface area contributed by atoms with Crippen molar-refractivity contribution in [3.63, 3.8) is 0 Å². The van der Waals surface area contributed by atoms with Crippen LogP contribution in [0.3, 0.4) is 0 Å². The summed E-state index contributed by atoms with van der Waals surface area (Å²) in [5, 5.41) is 7.16. The summed E-state index contributed by atoms with van der Waals surface area (Å²) in [6.45, 7) is 2.44. The molecule has 3 heteroatoms. The number of hydrogen-bond acceptors (Lipinski definition) is 2. The predicted octanol–water partition coefficient (Wildman–Crippen LogP) is 3.81. The number of halogens is 1. The van der Waals surface area contributed by atoms with E-state index >= 15 is 0 Å². The van der Waals surface area contributed by atoms with Gasteiger partial charge in [-0.3, -0.25) is 0 Å². The van der Waals surface area contributed by atoms with Crippen LogP contribution in [0.25, 0.3) is 0 Å². The molecular formula is C12H12FNS. The molecule has 0 spiro atoms. The molecule has 1 aromatic heterocycles. The van der Waals surface area contributed by atoms with Crippen molar-refractivity contribution in [2.45, 2.75) is 13.5 Å². The van der Waals surface area contributed by atoms with E-state index in [4.69, 9.17) is 0 Å². The van der Waals surface area contributed by atoms with E-state index in [1.165, 1.54) is 5.56 Å². The van der Waals surface area contributed by atoms with Crippen molar-refractivity contribution in [2.24, 2.45) is 0 Å². The Hall–Kier alpha value is -1.35. The van der Waals surface area contributed by atoms with Gasteiger partial charge in [0.1, 0.15) is 5.82 Å². The lowest BCUT2D eigenvalue weighted by Gasteiger charge is -2.07. The molecule has 0 bridgehead atoms. The molecule has 0 unspecified atom stereocenters. The van der Waals surface area contributed by atoms with Crippen molar-refractivity contribution in [1.82, 2.24) is 0 Å². The Labute approximate surface area is 92.6 Å². The highest BCUT2D eigenvalue weighted by atomic mass is 32.1. The van der Waals surface area contributed by atoms with Crippen LogP contribution < -0.4 is 5.32 Å². The Balaban J connectivity index is 2.08. The Morgan fingerprint density at radius 1 is 1.33 bits per heavy atom. The van der Waals surface area contributed by atoms with Gasteiger partial charge in [-0.2, -0.15) is 11.3 Å². The molecule has 0 atom stereocenters. The Morgan fingerprint density at radius 2 is 2.20 bits per heavy atom. The minimum Gasteiger partial charge on any atom is -0.379 e. The van der Waals surface area contributed by atoms with E-state index in [0.29, 0.717) is 17.8 Å². The van der Waals surface area contributed by atoms with Crippen LogP contribution in [-0.2, 0) is 6.54 Å². The normalized spacial score (nSPS) is 10.3. The summed E-state index contributed by atoms with van der Waals surface area (Å²) >= 11 is 1.65. The number of benzene rings is 1. The van der Waals surface area contributed by atoms with E-state index in [0.717, 1.165) is 0 Å². The smallest absolute Gasteiger partial charge is 0.149 e. The molecule has 0 aliphatic rings. The second-order valence-electron chi connectivity index (χ2n) is 3.42. The number of aryl methyl sites for hydroxylation is 1. The third-order valence-corrected chi connectivity index (χ3v) is 2.99. The summed E-state index contributed by atoms with van der Waals surface area (Å²) in [6, 6.07) is 7.42. The Bertz CT molecular complexity index is 437. The van der Waals surface area contributed by atoms with Crippen LogP contribution in [-0.4, -0.2) is 0 Å². The number of hydrogen-bond donors (Lipinski definition) is 1. The van der Waals surface area contributed by atoms with E-state index in [-0.39, 0.29) is 5.82 Å². The molecule has 78 valence electrons. The van der Waals surface area contributed by atoms with Gasteiger partial charge in [-0.05, 0) is 40.9 Å². The van der Waals surface area contributed by atoms with Gasteiger partial charge in [0.15, 0.2) is 0 Å². The van der Waals surface area contributed by atoms with Gasteiger partial charge < -0.3 is 5.32 Å². The van der Waals surface area contributed by atoms with Crippen LogP contribution in [0.5, 0.6) is 0 Å². The molecule has 1 N–H and O–H groups in total. The summed E-state index contributed by atoms with van der Waals surface area (Å²) in [6.07, 6.45) is 0. The molecule has 0 aliphatic carbocycles. The first-order chi connectivity index (χ1) is 7.27. The van der Waals surface area contributed by atoms with Crippen molar-refractivity contribution in [2.75, 3.05) is 5.32 Å². The second-order valence-corrected chi connectivity index (χ2v) is 4.20. The fourth-order valence-corrected chi connectivity index (χ4v) is 2.04. The molecule has 0 saturated carbocycles. The maximum Gasteiger partial charge on any atom is 0.149 e. The van der Waals surface area contributed by atoms with Crippen LogP contribution >= 0.6 is 11.3 Å². The van der Waals surface area contributed by atoms with Gasteiger partial charge in [0, 0.05) is 6.54 Å². The molecule has 1 heterocycles. The first-order valence-corrected chi connectivity index (χ1v) is 5.72. The zero-order valence-corrected chi connectivity index (χ0v) is 9.27. The Morgan fingerprint density at radius 3 is 2.93 bits per heavy atom. The van der Waals surface area contributed by atoms with Crippen molar-refractivity contribution in [3.05, 3.63) is 52.0 Å². The molecule has 0 radical (unpaired) electrons. The minimum absolute atomic E-state index is 0.160. The number of nitrogens with one attached hydrogen (secondary N) is 1. The molecule has 15 heavy (non-hydrogen) atoms. The highest BCUT2D eigenvalue weighted by Gasteiger charge is 2.03. The van der Waals surface area contributed by atoms with Gasteiger partial charge in [0.2, 0.25) is 0 Å².